The third-order valence-electron chi connectivity index (χ3n) is 5.55. The Morgan fingerprint density at radius 3 is 2.76 bits per heavy atom. The van der Waals surface area contributed by atoms with Crippen LogP contribution in [0.25, 0.3) is 17.2 Å². The summed E-state index contributed by atoms with van der Waals surface area (Å²) in [5.74, 6) is 0.285. The van der Waals surface area contributed by atoms with E-state index in [1.807, 2.05) is 49.4 Å². The van der Waals surface area contributed by atoms with Gasteiger partial charge in [-0.1, -0.05) is 36.4 Å². The van der Waals surface area contributed by atoms with Gasteiger partial charge in [-0.25, -0.2) is 19.7 Å². The minimum Gasteiger partial charge on any atom is -0.394 e. The predicted octanol–water partition coefficient (Wildman–Crippen LogP) is 2.29. The first-order valence-corrected chi connectivity index (χ1v) is 11.9. The van der Waals surface area contributed by atoms with E-state index in [2.05, 4.69) is 48.2 Å². The van der Waals surface area contributed by atoms with E-state index < -0.39 is 30.8 Å². The molecule has 5 rings (SSSR count). The zero-order valence-electron chi connectivity index (χ0n) is 18.2. The average molecular weight is 578 g/mol. The molecule has 3 N–H and O–H groups in total. The van der Waals surface area contributed by atoms with Crippen LogP contribution < -0.4 is 10.6 Å². The number of carbonyl (C=O) groups is 1. The molecule has 11 nitrogen and oxygen atoms in total. The van der Waals surface area contributed by atoms with Crippen LogP contribution in [0.1, 0.15) is 18.7 Å². The summed E-state index contributed by atoms with van der Waals surface area (Å²) in [7, 11) is 0. The van der Waals surface area contributed by atoms with Crippen LogP contribution in [-0.2, 0) is 14.2 Å². The third kappa shape index (κ3) is 4.38. The predicted molar refractivity (Wildman–Crippen MR) is 131 cm³/mol. The standard InChI is InChI=1S/C22H23IN6O5/c1-2-24-22(31)28-18-15-19(26-11-25-18)29(21(23)27-15)20-17-16(13(10-30)32-20)33-14(34-17)9-8-12-6-4-3-5-7-12/h3-9,11,13-14,16-17,20,30H,2,10H2,1H3,(H2,24,25,26,28,31). The molecule has 0 radical (unpaired) electrons. The molecule has 34 heavy (non-hydrogen) atoms. The van der Waals surface area contributed by atoms with Crippen LogP contribution in [0.5, 0.6) is 0 Å². The van der Waals surface area contributed by atoms with Crippen molar-refractivity contribution in [3.05, 3.63) is 52.1 Å². The van der Waals surface area contributed by atoms with Gasteiger partial charge in [-0.15, -0.1) is 0 Å². The van der Waals surface area contributed by atoms with Gasteiger partial charge in [0.05, 0.1) is 6.61 Å². The Morgan fingerprint density at radius 1 is 1.21 bits per heavy atom. The van der Waals surface area contributed by atoms with E-state index in [1.54, 1.807) is 4.57 Å². The maximum Gasteiger partial charge on any atom is 0.320 e. The fraction of sp³-hybridized carbons (Fsp3) is 0.364. The zero-order chi connectivity index (χ0) is 23.7. The largest absolute Gasteiger partial charge is 0.394 e. The number of hydrogen-bond acceptors (Lipinski definition) is 8. The average Bonchev–Trinajstić information content (AvgIpc) is 3.50. The topological polar surface area (TPSA) is 133 Å². The number of fused-ring (bicyclic) bond motifs is 2. The number of anilines is 1. The number of aliphatic hydroxyl groups excluding tert-OH is 1. The Labute approximate surface area is 208 Å². The molecule has 0 aliphatic carbocycles. The van der Waals surface area contributed by atoms with E-state index in [9.17, 15) is 9.90 Å². The highest BCUT2D eigenvalue weighted by Crippen LogP contribution is 2.41. The Kier molecular flexibility index (Phi) is 6.74. The zero-order valence-corrected chi connectivity index (χ0v) is 20.3. The van der Waals surface area contributed by atoms with E-state index in [4.69, 9.17) is 14.2 Å². The van der Waals surface area contributed by atoms with Crippen molar-refractivity contribution in [3.63, 3.8) is 0 Å². The molecule has 12 heteroatoms. The Morgan fingerprint density at radius 2 is 2.00 bits per heavy atom. The number of nitrogens with zero attached hydrogens (tertiary/aromatic N) is 4. The number of amides is 2. The SMILES string of the molecule is CCNC(=O)Nc1ncnc2c1nc(I)n2C1OC(CO)C2OC(C=Cc3ccccc3)OC21. The fourth-order valence-electron chi connectivity index (χ4n) is 4.07. The van der Waals surface area contributed by atoms with Crippen LogP contribution in [0.3, 0.4) is 0 Å². The molecule has 2 saturated heterocycles. The molecule has 4 heterocycles. The van der Waals surface area contributed by atoms with Crippen LogP contribution in [0.4, 0.5) is 10.6 Å². The highest BCUT2D eigenvalue weighted by Gasteiger charge is 2.53. The molecular formula is C22H23IN6O5. The van der Waals surface area contributed by atoms with E-state index in [-0.39, 0.29) is 18.5 Å². The number of hydrogen-bond donors (Lipinski definition) is 3. The lowest BCUT2D eigenvalue weighted by Gasteiger charge is -2.20. The molecule has 2 aliphatic rings. The second-order valence-electron chi connectivity index (χ2n) is 7.72. The van der Waals surface area contributed by atoms with E-state index in [0.29, 0.717) is 21.5 Å². The van der Waals surface area contributed by atoms with Crippen molar-refractivity contribution in [1.29, 1.82) is 0 Å². The number of aromatic nitrogens is 4. The fourth-order valence-corrected chi connectivity index (χ4v) is 4.81. The van der Waals surface area contributed by atoms with Crippen molar-refractivity contribution in [2.75, 3.05) is 18.5 Å². The van der Waals surface area contributed by atoms with E-state index in [0.717, 1.165) is 5.56 Å². The van der Waals surface area contributed by atoms with Gasteiger partial charge in [-0.3, -0.25) is 9.88 Å². The first kappa shape index (κ1) is 23.1. The maximum absolute atomic E-state index is 12.0. The summed E-state index contributed by atoms with van der Waals surface area (Å²) in [6.45, 7) is 2.08. The van der Waals surface area contributed by atoms with Crippen molar-refractivity contribution in [2.45, 2.75) is 37.8 Å². The first-order valence-electron chi connectivity index (χ1n) is 10.8. The Balaban J connectivity index is 1.43. The number of urea groups is 1. The molecule has 3 aromatic rings. The van der Waals surface area contributed by atoms with Crippen LogP contribution in [0.2, 0.25) is 0 Å². The van der Waals surface area contributed by atoms with Gasteiger partial charge in [-0.2, -0.15) is 0 Å². The maximum atomic E-state index is 12.0. The normalized spacial score (nSPS) is 26.3. The second kappa shape index (κ2) is 9.92. The van der Waals surface area contributed by atoms with Crippen LogP contribution in [-0.4, -0.2) is 68.4 Å². The number of imidazole rings is 1. The van der Waals surface area contributed by atoms with Gasteiger partial charge in [-0.05, 0) is 18.6 Å². The molecule has 1 aromatic carbocycles. The van der Waals surface area contributed by atoms with Crippen molar-refractivity contribution in [1.82, 2.24) is 24.8 Å². The van der Waals surface area contributed by atoms with Crippen LogP contribution in [0, 0.1) is 3.83 Å². The van der Waals surface area contributed by atoms with Crippen molar-refractivity contribution in [2.24, 2.45) is 0 Å². The van der Waals surface area contributed by atoms with Crippen LogP contribution in [0.15, 0.2) is 42.7 Å². The molecule has 5 unspecified atom stereocenters. The molecule has 5 atom stereocenters. The minimum absolute atomic E-state index is 0.224. The van der Waals surface area contributed by atoms with E-state index >= 15 is 0 Å². The van der Waals surface area contributed by atoms with Crippen molar-refractivity contribution in [3.8, 4) is 0 Å². The minimum atomic E-state index is -0.638. The molecule has 2 aliphatic heterocycles. The first-order chi connectivity index (χ1) is 16.6. The van der Waals surface area contributed by atoms with E-state index in [1.165, 1.54) is 6.33 Å². The molecule has 2 aromatic heterocycles. The lowest BCUT2D eigenvalue weighted by molar-refractivity contribution is -0.133. The summed E-state index contributed by atoms with van der Waals surface area (Å²) in [6, 6.07) is 9.46. The molecule has 0 spiro atoms. The van der Waals surface area contributed by atoms with Gasteiger partial charge in [0.15, 0.2) is 33.3 Å². The molecule has 2 amide bonds. The lowest BCUT2D eigenvalue weighted by Crippen LogP contribution is -2.31. The summed E-state index contributed by atoms with van der Waals surface area (Å²) in [5.41, 5.74) is 1.92. The molecule has 0 saturated carbocycles. The summed E-state index contributed by atoms with van der Waals surface area (Å²) in [6.07, 6.45) is 2.35. The number of halogens is 1. The third-order valence-corrected chi connectivity index (χ3v) is 6.31. The van der Waals surface area contributed by atoms with Crippen molar-refractivity contribution < 1.29 is 24.1 Å². The molecular weight excluding hydrogens is 555 g/mol. The molecule has 178 valence electrons. The molecule has 0 bridgehead atoms. The number of nitrogens with one attached hydrogen (secondary N) is 2. The highest BCUT2D eigenvalue weighted by molar-refractivity contribution is 14.1. The van der Waals surface area contributed by atoms with Crippen molar-refractivity contribution >= 4 is 51.7 Å². The smallest absolute Gasteiger partial charge is 0.320 e. The van der Waals surface area contributed by atoms with Gasteiger partial charge in [0.25, 0.3) is 0 Å². The number of aliphatic hydroxyl groups is 1. The van der Waals surface area contributed by atoms with Gasteiger partial charge in [0.1, 0.15) is 24.6 Å². The quantitative estimate of drug-likeness (QED) is 0.300. The monoisotopic (exact) mass is 578 g/mol. The van der Waals surface area contributed by atoms with Gasteiger partial charge >= 0.3 is 6.03 Å². The van der Waals surface area contributed by atoms with Gasteiger partial charge in [0.2, 0.25) is 0 Å². The number of ether oxygens (including phenoxy) is 3. The summed E-state index contributed by atoms with van der Waals surface area (Å²) >= 11 is 2.08. The van der Waals surface area contributed by atoms with Gasteiger partial charge < -0.3 is 24.6 Å². The van der Waals surface area contributed by atoms with Crippen LogP contribution >= 0.6 is 22.6 Å². The number of rotatable bonds is 6. The number of carbonyl (C=O) groups excluding carboxylic acids is 1. The summed E-state index contributed by atoms with van der Waals surface area (Å²) < 4.78 is 20.7. The summed E-state index contributed by atoms with van der Waals surface area (Å²) in [5, 5.41) is 15.3. The van der Waals surface area contributed by atoms with Gasteiger partial charge in [0, 0.05) is 29.1 Å². The Hall–Kier alpha value is -2.65. The Bertz CT molecular complexity index is 1210. The second-order valence-corrected chi connectivity index (χ2v) is 8.68. The summed E-state index contributed by atoms with van der Waals surface area (Å²) in [4.78, 5) is 25.1. The molecule has 2 fully saturated rings. The highest BCUT2D eigenvalue weighted by atomic mass is 127. The lowest BCUT2D eigenvalue weighted by atomic mass is 10.1. The number of benzene rings is 1.